The Morgan fingerprint density at radius 2 is 1.68 bits per heavy atom. The molecule has 0 radical (unpaired) electrons. The standard InChI is InChI=1S/C21H31N/c1-5-8-17-20(15-6-2)21(7-3)22-18-14-12-10-9-11-13-16-19(22)4/h5-8,15,17H,1-2,4,9-14,16,18H2,3H3/b17-8-,20-15+,21-7-. The molecular formula is C21H31N. The first-order chi connectivity index (χ1) is 10.7. The van der Waals surface area contributed by atoms with E-state index < -0.39 is 0 Å². The topological polar surface area (TPSA) is 3.24 Å². The monoisotopic (exact) mass is 297 g/mol. The van der Waals surface area contributed by atoms with Crippen LogP contribution in [-0.4, -0.2) is 11.4 Å². The number of allylic oxidation sites excluding steroid dienone is 7. The van der Waals surface area contributed by atoms with Crippen LogP contribution in [0, 0.1) is 0 Å². The summed E-state index contributed by atoms with van der Waals surface area (Å²) in [5.74, 6) is 0. The van der Waals surface area contributed by atoms with Crippen molar-refractivity contribution in [1.29, 1.82) is 0 Å². The van der Waals surface area contributed by atoms with Gasteiger partial charge in [0.15, 0.2) is 0 Å². The van der Waals surface area contributed by atoms with Crippen molar-refractivity contribution >= 4 is 0 Å². The molecule has 1 fully saturated rings. The van der Waals surface area contributed by atoms with E-state index in [-0.39, 0.29) is 0 Å². The molecule has 0 amide bonds. The van der Waals surface area contributed by atoms with Crippen LogP contribution in [0.2, 0.25) is 0 Å². The molecular weight excluding hydrogens is 266 g/mol. The molecule has 1 aliphatic heterocycles. The Balaban J connectivity index is 3.02. The maximum Gasteiger partial charge on any atom is 0.0438 e. The van der Waals surface area contributed by atoms with E-state index in [2.05, 4.69) is 49.8 Å². The fourth-order valence-electron chi connectivity index (χ4n) is 2.89. The molecule has 1 rings (SSSR count). The minimum atomic E-state index is 1.05. The van der Waals surface area contributed by atoms with Gasteiger partial charge in [-0.2, -0.15) is 0 Å². The largest absolute Gasteiger partial charge is 0.345 e. The van der Waals surface area contributed by atoms with Crippen LogP contribution in [0.3, 0.4) is 0 Å². The summed E-state index contributed by atoms with van der Waals surface area (Å²) in [6.45, 7) is 15.1. The third kappa shape index (κ3) is 5.93. The van der Waals surface area contributed by atoms with Gasteiger partial charge in [-0.3, -0.25) is 0 Å². The van der Waals surface area contributed by atoms with Gasteiger partial charge >= 0.3 is 0 Å². The van der Waals surface area contributed by atoms with Crippen LogP contribution in [0.15, 0.2) is 73.2 Å². The van der Waals surface area contributed by atoms with E-state index in [0.717, 1.165) is 18.5 Å². The molecule has 0 saturated carbocycles. The second-order valence-corrected chi connectivity index (χ2v) is 5.72. The van der Waals surface area contributed by atoms with Crippen molar-refractivity contribution in [2.24, 2.45) is 0 Å². The molecule has 0 aromatic carbocycles. The smallest absolute Gasteiger partial charge is 0.0438 e. The van der Waals surface area contributed by atoms with Gasteiger partial charge < -0.3 is 4.90 Å². The van der Waals surface area contributed by atoms with E-state index >= 15 is 0 Å². The van der Waals surface area contributed by atoms with Gasteiger partial charge in [-0.1, -0.05) is 81.9 Å². The fourth-order valence-corrected chi connectivity index (χ4v) is 2.89. The highest BCUT2D eigenvalue weighted by atomic mass is 15.1. The highest BCUT2D eigenvalue weighted by Gasteiger charge is 2.15. The van der Waals surface area contributed by atoms with Gasteiger partial charge in [0.05, 0.1) is 0 Å². The highest BCUT2D eigenvalue weighted by Crippen LogP contribution is 2.26. The molecule has 0 unspecified atom stereocenters. The summed E-state index contributed by atoms with van der Waals surface area (Å²) >= 11 is 0. The molecule has 22 heavy (non-hydrogen) atoms. The zero-order valence-electron chi connectivity index (χ0n) is 14.2. The van der Waals surface area contributed by atoms with E-state index in [4.69, 9.17) is 0 Å². The number of nitrogens with zero attached hydrogens (tertiary/aromatic N) is 1. The van der Waals surface area contributed by atoms with E-state index in [9.17, 15) is 0 Å². The average Bonchev–Trinajstić information content (AvgIpc) is 2.53. The van der Waals surface area contributed by atoms with Gasteiger partial charge in [-0.25, -0.2) is 0 Å². The number of hydrogen-bond donors (Lipinski definition) is 0. The van der Waals surface area contributed by atoms with E-state index in [1.165, 1.54) is 49.9 Å². The summed E-state index contributed by atoms with van der Waals surface area (Å²) in [6, 6.07) is 0. The van der Waals surface area contributed by atoms with Gasteiger partial charge in [0, 0.05) is 17.9 Å². The van der Waals surface area contributed by atoms with Crippen LogP contribution in [0.5, 0.6) is 0 Å². The lowest BCUT2D eigenvalue weighted by Crippen LogP contribution is -2.24. The Hall–Kier alpha value is -1.76. The van der Waals surface area contributed by atoms with Gasteiger partial charge in [-0.05, 0) is 31.8 Å². The average molecular weight is 297 g/mol. The van der Waals surface area contributed by atoms with E-state index in [1.54, 1.807) is 0 Å². The van der Waals surface area contributed by atoms with Crippen LogP contribution >= 0.6 is 0 Å². The normalized spacial score (nSPS) is 19.3. The molecule has 0 atom stereocenters. The van der Waals surface area contributed by atoms with E-state index in [0.29, 0.717) is 0 Å². The summed E-state index contributed by atoms with van der Waals surface area (Å²) in [5.41, 5.74) is 3.62. The molecule has 1 aliphatic rings. The first kappa shape index (κ1) is 18.3. The van der Waals surface area contributed by atoms with Gasteiger partial charge in [-0.15, -0.1) is 0 Å². The lowest BCUT2D eigenvalue weighted by Gasteiger charge is -2.31. The zero-order chi connectivity index (χ0) is 16.2. The van der Waals surface area contributed by atoms with Crippen molar-refractivity contribution in [2.45, 2.75) is 51.9 Å². The van der Waals surface area contributed by atoms with Gasteiger partial charge in [0.2, 0.25) is 0 Å². The minimum absolute atomic E-state index is 1.05. The SMILES string of the molecule is C=C\C=C/C(=C\C=C)C(=C/C)/N1CCCCCCCCC1=C. The zero-order valence-corrected chi connectivity index (χ0v) is 14.2. The minimum Gasteiger partial charge on any atom is -0.345 e. The Morgan fingerprint density at radius 3 is 2.32 bits per heavy atom. The van der Waals surface area contributed by atoms with Crippen molar-refractivity contribution in [3.8, 4) is 0 Å². The van der Waals surface area contributed by atoms with E-state index in [1.807, 2.05) is 18.2 Å². The molecule has 1 heterocycles. The summed E-state index contributed by atoms with van der Waals surface area (Å²) in [6.07, 6.45) is 20.9. The van der Waals surface area contributed by atoms with Gasteiger partial charge in [0.25, 0.3) is 0 Å². The lowest BCUT2D eigenvalue weighted by atomic mass is 10.0. The number of rotatable bonds is 5. The molecule has 1 heteroatoms. The Morgan fingerprint density at radius 1 is 1.00 bits per heavy atom. The molecule has 0 aromatic heterocycles. The summed E-state index contributed by atoms with van der Waals surface area (Å²) < 4.78 is 0. The molecule has 0 aliphatic carbocycles. The van der Waals surface area contributed by atoms with Crippen molar-refractivity contribution in [2.75, 3.05) is 6.54 Å². The van der Waals surface area contributed by atoms with Crippen LogP contribution in [0.1, 0.15) is 51.9 Å². The van der Waals surface area contributed by atoms with Crippen molar-refractivity contribution in [3.63, 3.8) is 0 Å². The first-order valence-corrected chi connectivity index (χ1v) is 8.48. The molecule has 120 valence electrons. The Bertz CT molecular complexity index is 462. The van der Waals surface area contributed by atoms with Crippen LogP contribution in [0.4, 0.5) is 0 Å². The third-order valence-corrected chi connectivity index (χ3v) is 4.05. The molecule has 1 saturated heterocycles. The maximum atomic E-state index is 4.35. The van der Waals surface area contributed by atoms with Crippen molar-refractivity contribution in [3.05, 3.63) is 73.2 Å². The lowest BCUT2D eigenvalue weighted by molar-refractivity contribution is 0.384. The summed E-state index contributed by atoms with van der Waals surface area (Å²) in [4.78, 5) is 2.40. The van der Waals surface area contributed by atoms with Crippen LogP contribution in [0.25, 0.3) is 0 Å². The Labute approximate surface area is 137 Å². The number of hydrogen-bond acceptors (Lipinski definition) is 1. The predicted molar refractivity (Wildman–Crippen MR) is 99.5 cm³/mol. The molecule has 0 bridgehead atoms. The molecule has 1 nitrogen and oxygen atoms in total. The molecule has 0 N–H and O–H groups in total. The van der Waals surface area contributed by atoms with Gasteiger partial charge in [0.1, 0.15) is 0 Å². The van der Waals surface area contributed by atoms with Crippen molar-refractivity contribution in [1.82, 2.24) is 4.90 Å². The van der Waals surface area contributed by atoms with Crippen molar-refractivity contribution < 1.29 is 0 Å². The second kappa shape index (κ2) is 10.9. The summed E-state index contributed by atoms with van der Waals surface area (Å²) in [5, 5.41) is 0. The molecule has 0 aromatic rings. The van der Waals surface area contributed by atoms with Crippen LogP contribution in [-0.2, 0) is 0 Å². The third-order valence-electron chi connectivity index (χ3n) is 4.05. The quantitative estimate of drug-likeness (QED) is 0.538. The Kier molecular flexibility index (Phi) is 9.06. The molecule has 0 spiro atoms. The fraction of sp³-hybridized carbons (Fsp3) is 0.429. The predicted octanol–water partition coefficient (Wildman–Crippen LogP) is 6.30. The second-order valence-electron chi connectivity index (χ2n) is 5.72. The van der Waals surface area contributed by atoms with Crippen LogP contribution < -0.4 is 0 Å². The first-order valence-electron chi connectivity index (χ1n) is 8.48. The summed E-state index contributed by atoms with van der Waals surface area (Å²) in [7, 11) is 0. The maximum absolute atomic E-state index is 4.35. The highest BCUT2D eigenvalue weighted by molar-refractivity contribution is 5.43.